The molecular formula is C24H31N3O3. The van der Waals surface area contributed by atoms with Crippen LogP contribution in [0.15, 0.2) is 60.7 Å². The topological polar surface area (TPSA) is 53.1 Å². The van der Waals surface area contributed by atoms with Crippen LogP contribution in [0.25, 0.3) is 0 Å². The number of hydrogen-bond acceptors (Lipinski definition) is 4. The Morgan fingerprint density at radius 2 is 1.63 bits per heavy atom. The lowest BCUT2D eigenvalue weighted by molar-refractivity contribution is -0.131. The van der Waals surface area contributed by atoms with E-state index in [1.807, 2.05) is 72.6 Å². The average Bonchev–Trinajstić information content (AvgIpc) is 3.03. The van der Waals surface area contributed by atoms with Crippen molar-refractivity contribution >= 4 is 11.8 Å². The lowest BCUT2D eigenvalue weighted by Crippen LogP contribution is -2.41. The molecule has 2 aromatic rings. The minimum absolute atomic E-state index is 0.0688. The van der Waals surface area contributed by atoms with Gasteiger partial charge in [-0.15, -0.1) is 0 Å². The maximum absolute atomic E-state index is 12.7. The molecule has 0 aromatic heterocycles. The molecule has 0 bridgehead atoms. The third-order valence-corrected chi connectivity index (χ3v) is 5.33. The smallest absolute Gasteiger partial charge is 0.253 e. The Morgan fingerprint density at radius 1 is 0.933 bits per heavy atom. The highest BCUT2D eigenvalue weighted by Crippen LogP contribution is 2.10. The molecule has 1 aliphatic rings. The van der Waals surface area contributed by atoms with Gasteiger partial charge in [-0.25, -0.2) is 0 Å². The number of ether oxygens (including phenoxy) is 1. The first-order valence-electron chi connectivity index (χ1n) is 10.6. The standard InChI is InChI=1S/C24H31N3O3/c1-25(14-9-19-30-22-12-6-3-7-13-22)23(28)20-26-15-8-16-27(18-17-26)24(29)21-10-4-2-5-11-21/h2-7,10-13H,8-9,14-20H2,1H3. The summed E-state index contributed by atoms with van der Waals surface area (Å²) in [6.07, 6.45) is 1.66. The van der Waals surface area contributed by atoms with Crippen molar-refractivity contribution in [1.82, 2.24) is 14.7 Å². The molecule has 3 rings (SSSR count). The fraction of sp³-hybridized carbons (Fsp3) is 0.417. The van der Waals surface area contributed by atoms with Crippen LogP contribution in [0.5, 0.6) is 5.75 Å². The van der Waals surface area contributed by atoms with Gasteiger partial charge < -0.3 is 14.5 Å². The van der Waals surface area contributed by atoms with Gasteiger partial charge in [0, 0.05) is 45.3 Å². The van der Waals surface area contributed by atoms with Gasteiger partial charge in [-0.05, 0) is 37.1 Å². The second-order valence-electron chi connectivity index (χ2n) is 7.62. The number of para-hydroxylation sites is 1. The minimum Gasteiger partial charge on any atom is -0.494 e. The summed E-state index contributed by atoms with van der Waals surface area (Å²) in [5.74, 6) is 1.03. The minimum atomic E-state index is 0.0688. The second kappa shape index (κ2) is 11.4. The molecule has 0 atom stereocenters. The predicted octanol–water partition coefficient (Wildman–Crippen LogP) is 2.76. The molecule has 6 nitrogen and oxygen atoms in total. The maximum atomic E-state index is 12.7. The zero-order chi connectivity index (χ0) is 21.2. The summed E-state index contributed by atoms with van der Waals surface area (Å²) in [4.78, 5) is 31.1. The van der Waals surface area contributed by atoms with E-state index in [0.29, 0.717) is 26.2 Å². The van der Waals surface area contributed by atoms with Crippen molar-refractivity contribution in [3.05, 3.63) is 66.2 Å². The molecule has 1 fully saturated rings. The molecule has 160 valence electrons. The number of hydrogen-bond donors (Lipinski definition) is 0. The van der Waals surface area contributed by atoms with Crippen LogP contribution in [-0.2, 0) is 4.79 Å². The van der Waals surface area contributed by atoms with Gasteiger partial charge in [0.05, 0.1) is 13.2 Å². The Labute approximate surface area is 179 Å². The molecule has 1 saturated heterocycles. The van der Waals surface area contributed by atoms with Gasteiger partial charge in [0.25, 0.3) is 5.91 Å². The van der Waals surface area contributed by atoms with E-state index in [4.69, 9.17) is 4.74 Å². The largest absolute Gasteiger partial charge is 0.494 e. The van der Waals surface area contributed by atoms with Gasteiger partial charge in [0.1, 0.15) is 5.75 Å². The molecule has 30 heavy (non-hydrogen) atoms. The third-order valence-electron chi connectivity index (χ3n) is 5.33. The van der Waals surface area contributed by atoms with Crippen LogP contribution in [-0.4, -0.2) is 79.4 Å². The van der Waals surface area contributed by atoms with Crippen LogP contribution < -0.4 is 4.74 Å². The van der Waals surface area contributed by atoms with Gasteiger partial charge in [-0.2, -0.15) is 0 Å². The van der Waals surface area contributed by atoms with Crippen LogP contribution in [0.4, 0.5) is 0 Å². The summed E-state index contributed by atoms with van der Waals surface area (Å²) in [7, 11) is 1.84. The summed E-state index contributed by atoms with van der Waals surface area (Å²) in [6.45, 7) is 4.56. The highest BCUT2D eigenvalue weighted by atomic mass is 16.5. The zero-order valence-corrected chi connectivity index (χ0v) is 17.7. The molecule has 0 radical (unpaired) electrons. The van der Waals surface area contributed by atoms with Crippen molar-refractivity contribution < 1.29 is 14.3 Å². The fourth-order valence-electron chi connectivity index (χ4n) is 3.54. The molecule has 0 saturated carbocycles. The summed E-state index contributed by atoms with van der Waals surface area (Å²) in [5, 5.41) is 0. The summed E-state index contributed by atoms with van der Waals surface area (Å²) >= 11 is 0. The molecule has 6 heteroatoms. The predicted molar refractivity (Wildman–Crippen MR) is 118 cm³/mol. The van der Waals surface area contributed by atoms with Gasteiger partial charge in [-0.1, -0.05) is 36.4 Å². The van der Waals surface area contributed by atoms with Crippen LogP contribution in [0.1, 0.15) is 23.2 Å². The number of benzene rings is 2. The summed E-state index contributed by atoms with van der Waals surface area (Å²) < 4.78 is 5.69. The monoisotopic (exact) mass is 409 g/mol. The van der Waals surface area contributed by atoms with Crippen LogP contribution in [0.2, 0.25) is 0 Å². The first kappa shape index (κ1) is 21.8. The lowest BCUT2D eigenvalue weighted by Gasteiger charge is -2.24. The number of amides is 2. The third kappa shape index (κ3) is 6.59. The van der Waals surface area contributed by atoms with E-state index in [9.17, 15) is 9.59 Å². The normalized spacial score (nSPS) is 14.8. The number of rotatable bonds is 8. The van der Waals surface area contributed by atoms with Gasteiger partial charge in [0.2, 0.25) is 5.91 Å². The molecule has 1 aliphatic heterocycles. The number of likely N-dealkylation sites (N-methyl/N-ethyl adjacent to an activating group) is 1. The summed E-state index contributed by atoms with van der Waals surface area (Å²) in [6, 6.07) is 19.1. The highest BCUT2D eigenvalue weighted by Gasteiger charge is 2.22. The molecule has 0 unspecified atom stereocenters. The Bertz CT molecular complexity index is 798. The van der Waals surface area contributed by atoms with Crippen molar-refractivity contribution in [3.63, 3.8) is 0 Å². The second-order valence-corrected chi connectivity index (χ2v) is 7.62. The Hall–Kier alpha value is -2.86. The molecule has 2 amide bonds. The fourth-order valence-corrected chi connectivity index (χ4v) is 3.54. The van der Waals surface area contributed by atoms with Crippen molar-refractivity contribution in [2.45, 2.75) is 12.8 Å². The number of nitrogens with zero attached hydrogens (tertiary/aromatic N) is 3. The lowest BCUT2D eigenvalue weighted by atomic mass is 10.2. The van der Waals surface area contributed by atoms with Crippen LogP contribution >= 0.6 is 0 Å². The molecule has 0 aliphatic carbocycles. The van der Waals surface area contributed by atoms with E-state index in [2.05, 4.69) is 4.90 Å². The Kier molecular flexibility index (Phi) is 8.27. The first-order chi connectivity index (χ1) is 14.6. The summed E-state index contributed by atoms with van der Waals surface area (Å²) in [5.41, 5.74) is 0.722. The molecule has 0 spiro atoms. The van der Waals surface area contributed by atoms with E-state index >= 15 is 0 Å². The molecule has 0 N–H and O–H groups in total. The van der Waals surface area contributed by atoms with Gasteiger partial charge in [-0.3, -0.25) is 14.5 Å². The van der Waals surface area contributed by atoms with E-state index in [1.54, 1.807) is 4.90 Å². The van der Waals surface area contributed by atoms with Crippen molar-refractivity contribution in [1.29, 1.82) is 0 Å². The highest BCUT2D eigenvalue weighted by molar-refractivity contribution is 5.94. The van der Waals surface area contributed by atoms with Gasteiger partial charge in [0.15, 0.2) is 0 Å². The van der Waals surface area contributed by atoms with Crippen molar-refractivity contribution in [2.24, 2.45) is 0 Å². The Balaban J connectivity index is 1.38. The Morgan fingerprint density at radius 3 is 2.37 bits per heavy atom. The van der Waals surface area contributed by atoms with Crippen molar-refractivity contribution in [3.8, 4) is 5.75 Å². The molecule has 1 heterocycles. The molecular weight excluding hydrogens is 378 g/mol. The zero-order valence-electron chi connectivity index (χ0n) is 17.7. The first-order valence-corrected chi connectivity index (χ1v) is 10.6. The molecule has 2 aromatic carbocycles. The van der Waals surface area contributed by atoms with Crippen LogP contribution in [0.3, 0.4) is 0 Å². The van der Waals surface area contributed by atoms with E-state index in [-0.39, 0.29) is 11.8 Å². The van der Waals surface area contributed by atoms with E-state index in [1.165, 1.54) is 0 Å². The van der Waals surface area contributed by atoms with E-state index < -0.39 is 0 Å². The van der Waals surface area contributed by atoms with Gasteiger partial charge >= 0.3 is 0 Å². The van der Waals surface area contributed by atoms with E-state index in [0.717, 1.165) is 43.8 Å². The maximum Gasteiger partial charge on any atom is 0.253 e. The number of carbonyl (C=O) groups is 2. The number of carbonyl (C=O) groups excluding carboxylic acids is 2. The average molecular weight is 410 g/mol. The quantitative estimate of drug-likeness (QED) is 0.629. The van der Waals surface area contributed by atoms with Crippen molar-refractivity contribution in [2.75, 3.05) is 52.9 Å². The van der Waals surface area contributed by atoms with Crippen LogP contribution in [0, 0.1) is 0 Å². The SMILES string of the molecule is CN(CCCOc1ccccc1)C(=O)CN1CCCN(C(=O)c2ccccc2)CC1.